The van der Waals surface area contributed by atoms with Crippen LogP contribution in [0.4, 0.5) is 11.6 Å². The zero-order valence-corrected chi connectivity index (χ0v) is 11.0. The van der Waals surface area contributed by atoms with Gasteiger partial charge in [0.05, 0.1) is 0 Å². The fourth-order valence-electron chi connectivity index (χ4n) is 2.25. The van der Waals surface area contributed by atoms with Gasteiger partial charge >= 0.3 is 0 Å². The Morgan fingerprint density at radius 3 is 2.59 bits per heavy atom. The first-order chi connectivity index (χ1) is 8.04. The molecule has 1 fully saturated rings. The van der Waals surface area contributed by atoms with Crippen molar-refractivity contribution in [2.45, 2.75) is 57.9 Å². The van der Waals surface area contributed by atoms with Crippen LogP contribution in [0.25, 0.3) is 0 Å². The molecule has 0 spiro atoms. The molecule has 1 aliphatic rings. The second-order valence-electron chi connectivity index (χ2n) is 5.30. The lowest BCUT2D eigenvalue weighted by molar-refractivity contribution is 0.268. The van der Waals surface area contributed by atoms with E-state index in [-0.39, 0.29) is 5.54 Å². The number of hydrogen-bond acceptors (Lipinski definition) is 4. The van der Waals surface area contributed by atoms with Crippen LogP contribution in [0, 0.1) is 0 Å². The topological polar surface area (TPSA) is 63.8 Å². The van der Waals surface area contributed by atoms with E-state index in [2.05, 4.69) is 36.1 Å². The number of aromatic nitrogens is 2. The van der Waals surface area contributed by atoms with Gasteiger partial charge in [-0.15, -0.1) is 0 Å². The van der Waals surface area contributed by atoms with Crippen molar-refractivity contribution in [3.63, 3.8) is 0 Å². The monoisotopic (exact) mass is 234 g/mol. The highest BCUT2D eigenvalue weighted by molar-refractivity contribution is 5.47. The number of nitrogen functional groups attached to an aromatic ring is 1. The average molecular weight is 234 g/mol. The third-order valence-corrected chi connectivity index (χ3v) is 3.66. The second-order valence-corrected chi connectivity index (χ2v) is 5.30. The first-order valence-electron chi connectivity index (χ1n) is 6.47. The van der Waals surface area contributed by atoms with Crippen LogP contribution in [0.3, 0.4) is 0 Å². The lowest BCUT2D eigenvalue weighted by Gasteiger charge is -2.42. The van der Waals surface area contributed by atoms with Gasteiger partial charge in [0, 0.05) is 17.5 Å². The Balaban J connectivity index is 2.20. The van der Waals surface area contributed by atoms with Crippen LogP contribution in [0.5, 0.6) is 0 Å². The molecule has 0 atom stereocenters. The zero-order valence-electron chi connectivity index (χ0n) is 11.0. The summed E-state index contributed by atoms with van der Waals surface area (Å²) < 4.78 is 0. The summed E-state index contributed by atoms with van der Waals surface area (Å²) >= 11 is 0. The van der Waals surface area contributed by atoms with Crippen molar-refractivity contribution in [1.82, 2.24) is 9.97 Å². The maximum absolute atomic E-state index is 5.83. The van der Waals surface area contributed by atoms with Gasteiger partial charge in [0.1, 0.15) is 17.5 Å². The molecule has 1 aromatic rings. The van der Waals surface area contributed by atoms with Gasteiger partial charge in [-0.1, -0.05) is 20.8 Å². The molecule has 0 bridgehead atoms. The molecule has 1 heterocycles. The predicted molar refractivity (Wildman–Crippen MR) is 71.0 cm³/mol. The summed E-state index contributed by atoms with van der Waals surface area (Å²) in [5, 5.41) is 3.55. The van der Waals surface area contributed by atoms with E-state index in [4.69, 9.17) is 5.73 Å². The third-order valence-electron chi connectivity index (χ3n) is 3.66. The van der Waals surface area contributed by atoms with Gasteiger partial charge in [-0.2, -0.15) is 0 Å². The van der Waals surface area contributed by atoms with Crippen molar-refractivity contribution in [1.29, 1.82) is 0 Å². The highest BCUT2D eigenvalue weighted by atomic mass is 15.1. The summed E-state index contributed by atoms with van der Waals surface area (Å²) in [6.45, 7) is 6.38. The number of anilines is 2. The molecule has 17 heavy (non-hydrogen) atoms. The van der Waals surface area contributed by atoms with E-state index < -0.39 is 0 Å². The van der Waals surface area contributed by atoms with Crippen LogP contribution in [0.2, 0.25) is 0 Å². The van der Waals surface area contributed by atoms with E-state index in [9.17, 15) is 0 Å². The maximum Gasteiger partial charge on any atom is 0.135 e. The molecule has 0 radical (unpaired) electrons. The van der Waals surface area contributed by atoms with Crippen LogP contribution in [0.15, 0.2) is 6.07 Å². The summed E-state index contributed by atoms with van der Waals surface area (Å²) in [5.41, 5.74) is 6.07. The minimum Gasteiger partial charge on any atom is -0.384 e. The van der Waals surface area contributed by atoms with Crippen LogP contribution in [-0.2, 0) is 0 Å². The number of nitrogens with two attached hydrogens (primary N) is 1. The Kier molecular flexibility index (Phi) is 3.22. The predicted octanol–water partition coefficient (Wildman–Crippen LogP) is 2.93. The third kappa shape index (κ3) is 2.51. The number of rotatable bonds is 4. The van der Waals surface area contributed by atoms with Crippen LogP contribution in [0.1, 0.15) is 58.2 Å². The quantitative estimate of drug-likeness (QED) is 0.840. The largest absolute Gasteiger partial charge is 0.384 e. The van der Waals surface area contributed by atoms with Crippen molar-refractivity contribution in [2.75, 3.05) is 11.1 Å². The Bertz CT molecular complexity index is 391. The molecule has 1 saturated carbocycles. The van der Waals surface area contributed by atoms with Crippen molar-refractivity contribution < 1.29 is 0 Å². The van der Waals surface area contributed by atoms with Gasteiger partial charge in [0.15, 0.2) is 0 Å². The van der Waals surface area contributed by atoms with Crippen LogP contribution in [-0.4, -0.2) is 15.5 Å². The standard InChI is InChI=1S/C13H22N4/c1-4-13(6-5-7-13)17-11-8-10(14)15-12(16-11)9(2)3/h8-9H,4-7H2,1-3H3,(H3,14,15,16,17). The molecule has 1 aliphatic carbocycles. The molecule has 4 heteroatoms. The first kappa shape index (κ1) is 12.1. The molecule has 4 nitrogen and oxygen atoms in total. The number of nitrogens with zero attached hydrogens (tertiary/aromatic N) is 2. The van der Waals surface area contributed by atoms with Gasteiger partial charge in [0.2, 0.25) is 0 Å². The molecule has 2 rings (SSSR count). The summed E-state index contributed by atoms with van der Waals surface area (Å²) in [6, 6.07) is 1.83. The summed E-state index contributed by atoms with van der Waals surface area (Å²) in [5.74, 6) is 2.55. The lowest BCUT2D eigenvalue weighted by atomic mass is 9.75. The van der Waals surface area contributed by atoms with Crippen molar-refractivity contribution in [2.24, 2.45) is 0 Å². The SMILES string of the molecule is CCC1(Nc2cc(N)nc(C(C)C)n2)CCC1. The first-order valence-corrected chi connectivity index (χ1v) is 6.47. The Morgan fingerprint density at radius 1 is 1.41 bits per heavy atom. The molecule has 0 amide bonds. The molecule has 94 valence electrons. The Labute approximate surface area is 103 Å². The molecule has 3 N–H and O–H groups in total. The highest BCUT2D eigenvalue weighted by Gasteiger charge is 2.35. The van der Waals surface area contributed by atoms with Gasteiger partial charge in [-0.3, -0.25) is 0 Å². The molecule has 0 aliphatic heterocycles. The molecular formula is C13H22N4. The van der Waals surface area contributed by atoms with E-state index in [0.29, 0.717) is 11.7 Å². The number of nitrogens with one attached hydrogen (secondary N) is 1. The van der Waals surface area contributed by atoms with E-state index >= 15 is 0 Å². The summed E-state index contributed by atoms with van der Waals surface area (Å²) in [4.78, 5) is 8.81. The van der Waals surface area contributed by atoms with Gasteiger partial charge in [-0.05, 0) is 25.7 Å². The number of hydrogen-bond donors (Lipinski definition) is 2. The minimum absolute atomic E-state index is 0.245. The van der Waals surface area contributed by atoms with E-state index in [1.54, 1.807) is 0 Å². The van der Waals surface area contributed by atoms with Gasteiger partial charge in [0.25, 0.3) is 0 Å². The average Bonchev–Trinajstić information content (AvgIpc) is 2.22. The molecule has 0 saturated heterocycles. The lowest BCUT2D eigenvalue weighted by Crippen LogP contribution is -2.44. The van der Waals surface area contributed by atoms with Crippen LogP contribution < -0.4 is 11.1 Å². The fraction of sp³-hybridized carbons (Fsp3) is 0.692. The van der Waals surface area contributed by atoms with Crippen molar-refractivity contribution in [3.8, 4) is 0 Å². The molecule has 0 unspecified atom stereocenters. The van der Waals surface area contributed by atoms with Crippen molar-refractivity contribution >= 4 is 11.6 Å². The van der Waals surface area contributed by atoms with E-state index in [1.165, 1.54) is 19.3 Å². The van der Waals surface area contributed by atoms with Crippen molar-refractivity contribution in [3.05, 3.63) is 11.9 Å². The fourth-order valence-corrected chi connectivity index (χ4v) is 2.25. The summed E-state index contributed by atoms with van der Waals surface area (Å²) in [6.07, 6.45) is 4.89. The van der Waals surface area contributed by atoms with E-state index in [1.807, 2.05) is 6.07 Å². The summed E-state index contributed by atoms with van der Waals surface area (Å²) in [7, 11) is 0. The minimum atomic E-state index is 0.245. The highest BCUT2D eigenvalue weighted by Crippen LogP contribution is 2.37. The normalized spacial score (nSPS) is 17.9. The molecular weight excluding hydrogens is 212 g/mol. The second kappa shape index (κ2) is 4.51. The van der Waals surface area contributed by atoms with Crippen LogP contribution >= 0.6 is 0 Å². The molecule has 1 aromatic heterocycles. The van der Waals surface area contributed by atoms with Gasteiger partial charge < -0.3 is 11.1 Å². The maximum atomic E-state index is 5.83. The van der Waals surface area contributed by atoms with E-state index in [0.717, 1.165) is 18.1 Å². The smallest absolute Gasteiger partial charge is 0.135 e. The molecule has 0 aromatic carbocycles. The van der Waals surface area contributed by atoms with Gasteiger partial charge in [-0.25, -0.2) is 9.97 Å². The Morgan fingerprint density at radius 2 is 2.12 bits per heavy atom. The zero-order chi connectivity index (χ0) is 12.5. The Hall–Kier alpha value is -1.32.